The van der Waals surface area contributed by atoms with Crippen LogP contribution in [0.25, 0.3) is 0 Å². The van der Waals surface area contributed by atoms with Crippen LogP contribution in [0.4, 0.5) is 16.2 Å². The summed E-state index contributed by atoms with van der Waals surface area (Å²) < 4.78 is 0. The van der Waals surface area contributed by atoms with Crippen molar-refractivity contribution in [3.8, 4) is 0 Å². The van der Waals surface area contributed by atoms with Crippen LogP contribution in [0.1, 0.15) is 44.7 Å². The van der Waals surface area contributed by atoms with Crippen molar-refractivity contribution in [2.45, 2.75) is 39.2 Å². The molecule has 1 aromatic heterocycles. The number of amides is 3. The van der Waals surface area contributed by atoms with Crippen LogP contribution in [-0.4, -0.2) is 43.0 Å². The maximum absolute atomic E-state index is 12.5. The van der Waals surface area contributed by atoms with Gasteiger partial charge < -0.3 is 15.5 Å². The number of nitrogens with one attached hydrogen (secondary N) is 2. The fourth-order valence-corrected chi connectivity index (χ4v) is 4.49. The summed E-state index contributed by atoms with van der Waals surface area (Å²) in [6.07, 6.45) is 2.56. The van der Waals surface area contributed by atoms with Crippen molar-refractivity contribution in [3.63, 3.8) is 0 Å². The van der Waals surface area contributed by atoms with Crippen LogP contribution in [0.5, 0.6) is 0 Å². The Labute approximate surface area is 176 Å². The number of hydrogen-bond acceptors (Lipinski definition) is 4. The molecule has 1 aliphatic heterocycles. The smallest absolute Gasteiger partial charge is 0.319 e. The Kier molecular flexibility index (Phi) is 7.66. The van der Waals surface area contributed by atoms with Gasteiger partial charge in [-0.25, -0.2) is 4.79 Å². The lowest BCUT2D eigenvalue weighted by atomic mass is 10.1. The third-order valence-corrected chi connectivity index (χ3v) is 6.08. The van der Waals surface area contributed by atoms with Gasteiger partial charge in [0.1, 0.15) is 0 Å². The molecular weight excluding hydrogens is 384 g/mol. The molecule has 7 heteroatoms. The van der Waals surface area contributed by atoms with E-state index in [2.05, 4.69) is 46.2 Å². The number of likely N-dealkylation sites (N-methyl/N-ethyl adjacent to an activating group) is 1. The molecule has 0 bridgehead atoms. The lowest BCUT2D eigenvalue weighted by Gasteiger charge is -2.29. The predicted molar refractivity (Wildman–Crippen MR) is 120 cm³/mol. The number of carbonyl (C=O) groups excluding carboxylic acids is 2. The number of piperidine rings is 1. The topological polar surface area (TPSA) is 64.7 Å². The van der Waals surface area contributed by atoms with E-state index in [9.17, 15) is 9.59 Å². The lowest BCUT2D eigenvalue weighted by Crippen LogP contribution is -2.39. The molecule has 29 heavy (non-hydrogen) atoms. The average molecular weight is 415 g/mol. The molecule has 1 unspecified atom stereocenters. The van der Waals surface area contributed by atoms with Crippen molar-refractivity contribution < 1.29 is 9.59 Å². The van der Waals surface area contributed by atoms with Gasteiger partial charge in [-0.2, -0.15) is 11.3 Å². The van der Waals surface area contributed by atoms with Gasteiger partial charge in [-0.1, -0.05) is 19.9 Å². The molecule has 1 atom stereocenters. The molecule has 2 aromatic rings. The van der Waals surface area contributed by atoms with E-state index < -0.39 is 0 Å². The number of carbonyl (C=O) groups is 2. The number of anilines is 2. The summed E-state index contributed by atoms with van der Waals surface area (Å²) in [6, 6.07) is 9.53. The number of hydrogen-bond donors (Lipinski definition) is 2. The zero-order chi connectivity index (χ0) is 20.6. The van der Waals surface area contributed by atoms with Crippen LogP contribution < -0.4 is 15.5 Å². The van der Waals surface area contributed by atoms with E-state index in [0.717, 1.165) is 38.2 Å². The van der Waals surface area contributed by atoms with Crippen molar-refractivity contribution in [3.05, 3.63) is 46.7 Å². The van der Waals surface area contributed by atoms with Crippen LogP contribution in [0, 0.1) is 0 Å². The standard InChI is InChI=1S/C22H30N4O2S/c1-3-25(4-2)20(17-11-13-29-16-17)15-23-22(28)24-18-8-7-9-19(14-18)26-12-6-5-10-21(26)27/h7-9,11,13-14,16,20H,3-6,10,12,15H2,1-2H3,(H2,23,24,28). The Balaban J connectivity index is 1.61. The molecule has 0 spiro atoms. The van der Waals surface area contributed by atoms with Gasteiger partial charge in [0.2, 0.25) is 5.91 Å². The van der Waals surface area contributed by atoms with Gasteiger partial charge in [0, 0.05) is 30.9 Å². The van der Waals surface area contributed by atoms with E-state index in [1.165, 1.54) is 5.56 Å². The SMILES string of the molecule is CCN(CC)C(CNC(=O)Nc1cccc(N2CCCCC2=O)c1)c1ccsc1. The van der Waals surface area contributed by atoms with Crippen LogP contribution in [0.2, 0.25) is 0 Å². The predicted octanol–water partition coefficient (Wildman–Crippen LogP) is 4.47. The van der Waals surface area contributed by atoms with Crippen LogP contribution in [0.15, 0.2) is 41.1 Å². The Morgan fingerprint density at radius 3 is 2.76 bits per heavy atom. The first-order valence-electron chi connectivity index (χ1n) is 10.3. The molecule has 1 aromatic carbocycles. The molecule has 156 valence electrons. The number of rotatable bonds is 8. The Hall–Kier alpha value is -2.38. The van der Waals surface area contributed by atoms with E-state index in [1.807, 2.05) is 24.3 Å². The number of nitrogens with zero attached hydrogens (tertiary/aromatic N) is 2. The molecule has 1 saturated heterocycles. The molecular formula is C22H30N4O2S. The molecule has 3 rings (SSSR count). The van der Waals surface area contributed by atoms with Crippen molar-refractivity contribution in [1.29, 1.82) is 0 Å². The Bertz CT molecular complexity index is 805. The molecule has 2 N–H and O–H groups in total. The number of thiophene rings is 1. The summed E-state index contributed by atoms with van der Waals surface area (Å²) in [4.78, 5) is 28.8. The largest absolute Gasteiger partial charge is 0.336 e. The van der Waals surface area contributed by atoms with E-state index in [0.29, 0.717) is 18.7 Å². The second-order valence-corrected chi connectivity index (χ2v) is 7.96. The first-order chi connectivity index (χ1) is 14.1. The molecule has 0 saturated carbocycles. The Morgan fingerprint density at radius 1 is 1.24 bits per heavy atom. The van der Waals surface area contributed by atoms with Gasteiger partial charge in [-0.05, 0) is 66.5 Å². The highest BCUT2D eigenvalue weighted by Crippen LogP contribution is 2.24. The Morgan fingerprint density at radius 2 is 2.07 bits per heavy atom. The first kappa shape index (κ1) is 21.3. The fourth-order valence-electron chi connectivity index (χ4n) is 3.78. The normalized spacial score (nSPS) is 15.4. The third-order valence-electron chi connectivity index (χ3n) is 5.38. The second-order valence-electron chi connectivity index (χ2n) is 7.18. The monoisotopic (exact) mass is 414 g/mol. The summed E-state index contributed by atoms with van der Waals surface area (Å²) in [5, 5.41) is 10.1. The van der Waals surface area contributed by atoms with Gasteiger partial charge in [-0.15, -0.1) is 0 Å². The summed E-state index contributed by atoms with van der Waals surface area (Å²) in [5.74, 6) is 0.149. The van der Waals surface area contributed by atoms with Gasteiger partial charge in [0.25, 0.3) is 0 Å². The quantitative estimate of drug-likeness (QED) is 0.670. The van der Waals surface area contributed by atoms with E-state index in [4.69, 9.17) is 0 Å². The minimum absolute atomic E-state index is 0.149. The average Bonchev–Trinajstić information content (AvgIpc) is 3.26. The fraction of sp³-hybridized carbons (Fsp3) is 0.455. The molecule has 0 aliphatic carbocycles. The van der Waals surface area contributed by atoms with Gasteiger partial charge >= 0.3 is 6.03 Å². The number of benzene rings is 1. The van der Waals surface area contributed by atoms with Crippen molar-refractivity contribution >= 4 is 34.6 Å². The van der Waals surface area contributed by atoms with E-state index >= 15 is 0 Å². The van der Waals surface area contributed by atoms with E-state index in [1.54, 1.807) is 16.2 Å². The van der Waals surface area contributed by atoms with Crippen molar-refractivity contribution in [2.75, 3.05) is 36.4 Å². The molecule has 2 heterocycles. The molecule has 1 aliphatic rings. The highest BCUT2D eigenvalue weighted by Gasteiger charge is 2.21. The maximum atomic E-state index is 12.5. The van der Waals surface area contributed by atoms with Crippen LogP contribution in [-0.2, 0) is 4.79 Å². The highest BCUT2D eigenvalue weighted by atomic mass is 32.1. The second kappa shape index (κ2) is 10.4. The summed E-state index contributed by atoms with van der Waals surface area (Å²) in [7, 11) is 0. The molecule has 1 fully saturated rings. The van der Waals surface area contributed by atoms with Gasteiger partial charge in [0.15, 0.2) is 0 Å². The highest BCUT2D eigenvalue weighted by molar-refractivity contribution is 7.08. The minimum atomic E-state index is -0.237. The molecule has 0 radical (unpaired) electrons. The van der Waals surface area contributed by atoms with E-state index in [-0.39, 0.29) is 18.0 Å². The molecule has 3 amide bonds. The van der Waals surface area contributed by atoms with Crippen molar-refractivity contribution in [2.24, 2.45) is 0 Å². The lowest BCUT2D eigenvalue weighted by molar-refractivity contribution is -0.119. The molecule has 6 nitrogen and oxygen atoms in total. The maximum Gasteiger partial charge on any atom is 0.319 e. The van der Waals surface area contributed by atoms with Gasteiger partial charge in [0.05, 0.1) is 6.04 Å². The van der Waals surface area contributed by atoms with Crippen LogP contribution >= 0.6 is 11.3 Å². The van der Waals surface area contributed by atoms with Crippen LogP contribution in [0.3, 0.4) is 0 Å². The number of urea groups is 1. The third kappa shape index (κ3) is 5.58. The van der Waals surface area contributed by atoms with Gasteiger partial charge in [-0.3, -0.25) is 9.69 Å². The summed E-state index contributed by atoms with van der Waals surface area (Å²) in [5.41, 5.74) is 2.75. The summed E-state index contributed by atoms with van der Waals surface area (Å²) >= 11 is 1.67. The minimum Gasteiger partial charge on any atom is -0.336 e. The first-order valence-corrected chi connectivity index (χ1v) is 11.3. The zero-order valence-corrected chi connectivity index (χ0v) is 18.0. The zero-order valence-electron chi connectivity index (χ0n) is 17.2. The summed E-state index contributed by atoms with van der Waals surface area (Å²) in [6.45, 7) is 7.39. The van der Waals surface area contributed by atoms with Crippen molar-refractivity contribution in [1.82, 2.24) is 10.2 Å².